The van der Waals surface area contributed by atoms with Crippen molar-refractivity contribution in [3.8, 4) is 0 Å². The Labute approximate surface area is 194 Å². The van der Waals surface area contributed by atoms with Crippen molar-refractivity contribution in [2.45, 2.75) is 50.5 Å². The molecule has 0 fully saturated rings. The first kappa shape index (κ1) is 25.6. The lowest BCUT2D eigenvalue weighted by Crippen LogP contribution is -2.24. The van der Waals surface area contributed by atoms with Crippen LogP contribution in [-0.2, 0) is 22.1 Å². The molecule has 0 radical (unpaired) electrons. The van der Waals surface area contributed by atoms with E-state index in [9.17, 15) is 4.57 Å². The number of unbranched alkanes of at least 4 members (excludes halogenated alkanes) is 2. The van der Waals surface area contributed by atoms with Crippen LogP contribution in [0.3, 0.4) is 0 Å². The first-order valence-electron chi connectivity index (χ1n) is 10.6. The van der Waals surface area contributed by atoms with Gasteiger partial charge in [-0.15, -0.1) is 11.8 Å². The van der Waals surface area contributed by atoms with Gasteiger partial charge in [0.2, 0.25) is 0 Å². The van der Waals surface area contributed by atoms with Gasteiger partial charge in [-0.1, -0.05) is 49.7 Å². The van der Waals surface area contributed by atoms with Crippen molar-refractivity contribution in [1.29, 1.82) is 0 Å². The summed E-state index contributed by atoms with van der Waals surface area (Å²) in [5, 5.41) is 0. The molecule has 0 aromatic heterocycles. The molecule has 0 aliphatic carbocycles. The van der Waals surface area contributed by atoms with Crippen molar-refractivity contribution in [3.05, 3.63) is 64.1 Å². The molecule has 1 unspecified atom stereocenters. The summed E-state index contributed by atoms with van der Waals surface area (Å²) in [5.41, 5.74) is 2.70. The average molecular weight is 514 g/mol. The molecule has 2 aromatic rings. The van der Waals surface area contributed by atoms with E-state index in [1.54, 1.807) is 0 Å². The Bertz CT molecular complexity index is 763. The van der Waals surface area contributed by atoms with Crippen LogP contribution in [0.4, 0.5) is 0 Å². The van der Waals surface area contributed by atoms with Gasteiger partial charge in [-0.25, -0.2) is 0 Å². The number of aryl methyl sites for hydroxylation is 1. The minimum Gasteiger partial charge on any atom is -0.326 e. The van der Waals surface area contributed by atoms with E-state index in [1.807, 2.05) is 11.8 Å². The average Bonchev–Trinajstić information content (AvgIpc) is 2.74. The molecule has 0 bridgehead atoms. The van der Waals surface area contributed by atoms with Gasteiger partial charge in [-0.05, 0) is 77.2 Å². The lowest BCUT2D eigenvalue weighted by atomic mass is 10.1. The van der Waals surface area contributed by atoms with Gasteiger partial charge in [0.05, 0.1) is 6.61 Å². The number of thioether (sulfide) groups is 1. The molecule has 0 aliphatic rings. The quantitative estimate of drug-likeness (QED) is 0.166. The number of halogens is 1. The molecule has 2 rings (SSSR count). The SMILES string of the molecule is CCN(CCCO[PH](=O)O)Cc1ccc(SCCCCCc2ccccc2)c(Br)c1. The molecular formula is C23H33BrNO3PS. The molecule has 4 nitrogen and oxygen atoms in total. The molecule has 0 amide bonds. The fraction of sp³-hybridized carbons (Fsp3) is 0.478. The molecule has 0 aliphatic heterocycles. The largest absolute Gasteiger partial charge is 0.326 e. The van der Waals surface area contributed by atoms with E-state index in [1.165, 1.54) is 41.7 Å². The Morgan fingerprint density at radius 3 is 2.57 bits per heavy atom. The van der Waals surface area contributed by atoms with Gasteiger partial charge in [0.15, 0.2) is 0 Å². The van der Waals surface area contributed by atoms with Gasteiger partial charge in [0, 0.05) is 22.5 Å². The zero-order valence-electron chi connectivity index (χ0n) is 17.7. The fourth-order valence-electron chi connectivity index (χ4n) is 3.25. The maximum atomic E-state index is 10.6. The van der Waals surface area contributed by atoms with Gasteiger partial charge >= 0.3 is 8.25 Å². The highest BCUT2D eigenvalue weighted by atomic mass is 79.9. The van der Waals surface area contributed by atoms with E-state index in [-0.39, 0.29) is 0 Å². The molecule has 0 saturated carbocycles. The first-order chi connectivity index (χ1) is 14.6. The first-order valence-corrected chi connectivity index (χ1v) is 13.7. The van der Waals surface area contributed by atoms with Crippen LogP contribution in [0.5, 0.6) is 0 Å². The summed E-state index contributed by atoms with van der Waals surface area (Å²) < 4.78 is 16.5. The molecule has 1 N–H and O–H groups in total. The maximum absolute atomic E-state index is 10.6. The predicted molar refractivity (Wildman–Crippen MR) is 132 cm³/mol. The number of hydrogen-bond donors (Lipinski definition) is 1. The Hall–Kier alpha value is -0.620. The highest BCUT2D eigenvalue weighted by molar-refractivity contribution is 9.10. The van der Waals surface area contributed by atoms with Crippen LogP contribution in [-0.4, -0.2) is 35.2 Å². The standard InChI is InChI=1S/C23H33BrNO3PS/c1-2-25(15-9-16-28-29(26)27)19-21-13-14-23(22(24)18-21)30-17-8-4-7-12-20-10-5-3-6-11-20/h3,5-6,10-11,13-14,18,29H,2,4,7-9,12,15-17,19H2,1H3,(H,26,27). The summed E-state index contributed by atoms with van der Waals surface area (Å²) in [6, 6.07) is 17.3. The van der Waals surface area contributed by atoms with Crippen LogP contribution < -0.4 is 0 Å². The highest BCUT2D eigenvalue weighted by Crippen LogP contribution is 2.29. The number of nitrogens with zero attached hydrogens (tertiary/aromatic N) is 1. The second-order valence-corrected chi connectivity index (χ2v) is 10.1. The molecule has 1 atom stereocenters. The summed E-state index contributed by atoms with van der Waals surface area (Å²) >= 11 is 5.65. The van der Waals surface area contributed by atoms with Crippen molar-refractivity contribution >= 4 is 35.9 Å². The van der Waals surface area contributed by atoms with Crippen molar-refractivity contribution in [1.82, 2.24) is 4.90 Å². The van der Waals surface area contributed by atoms with Gasteiger partial charge in [-0.3, -0.25) is 9.46 Å². The Morgan fingerprint density at radius 2 is 1.87 bits per heavy atom. The maximum Gasteiger partial charge on any atom is 0.316 e. The highest BCUT2D eigenvalue weighted by Gasteiger charge is 2.07. The number of hydrogen-bond acceptors (Lipinski definition) is 4. The van der Waals surface area contributed by atoms with Crippen LogP contribution in [0.2, 0.25) is 0 Å². The minimum absolute atomic E-state index is 0.329. The zero-order chi connectivity index (χ0) is 21.6. The minimum atomic E-state index is -2.81. The molecule has 30 heavy (non-hydrogen) atoms. The molecule has 0 spiro atoms. The summed E-state index contributed by atoms with van der Waals surface area (Å²) in [6.45, 7) is 5.12. The Balaban J connectivity index is 1.67. The Morgan fingerprint density at radius 1 is 1.07 bits per heavy atom. The predicted octanol–water partition coefficient (Wildman–Crippen LogP) is 6.56. The molecule has 0 heterocycles. The topological polar surface area (TPSA) is 49.8 Å². The molecule has 2 aromatic carbocycles. The zero-order valence-corrected chi connectivity index (χ0v) is 21.1. The van der Waals surface area contributed by atoms with Crippen LogP contribution in [0.1, 0.15) is 43.7 Å². The molecule has 7 heteroatoms. The molecule has 166 valence electrons. The summed E-state index contributed by atoms with van der Waals surface area (Å²) in [4.78, 5) is 12.3. The third kappa shape index (κ3) is 10.6. The number of rotatable bonds is 15. The van der Waals surface area contributed by atoms with Crippen LogP contribution >= 0.6 is 35.9 Å². The smallest absolute Gasteiger partial charge is 0.316 e. The van der Waals surface area contributed by atoms with Crippen molar-refractivity contribution in [3.63, 3.8) is 0 Å². The summed E-state index contributed by atoms with van der Waals surface area (Å²) in [5.74, 6) is 1.14. The van der Waals surface area contributed by atoms with E-state index < -0.39 is 8.25 Å². The van der Waals surface area contributed by atoms with E-state index in [0.29, 0.717) is 6.61 Å². The Kier molecular flexibility index (Phi) is 13.0. The van der Waals surface area contributed by atoms with Gasteiger partial charge in [-0.2, -0.15) is 0 Å². The van der Waals surface area contributed by atoms with Gasteiger partial charge in [0.1, 0.15) is 0 Å². The van der Waals surface area contributed by atoms with Gasteiger partial charge < -0.3 is 9.42 Å². The van der Waals surface area contributed by atoms with E-state index in [4.69, 9.17) is 9.42 Å². The monoisotopic (exact) mass is 513 g/mol. The lowest BCUT2D eigenvalue weighted by Gasteiger charge is -2.20. The molecular weight excluding hydrogens is 481 g/mol. The fourth-order valence-corrected chi connectivity index (χ4v) is 5.27. The van der Waals surface area contributed by atoms with Crippen molar-refractivity contribution in [2.75, 3.05) is 25.4 Å². The normalized spacial score (nSPS) is 12.4. The van der Waals surface area contributed by atoms with E-state index in [0.717, 1.165) is 36.3 Å². The van der Waals surface area contributed by atoms with E-state index >= 15 is 0 Å². The molecule has 0 saturated heterocycles. The number of benzene rings is 2. The van der Waals surface area contributed by atoms with Crippen LogP contribution in [0.15, 0.2) is 57.9 Å². The van der Waals surface area contributed by atoms with Crippen LogP contribution in [0, 0.1) is 0 Å². The van der Waals surface area contributed by atoms with Gasteiger partial charge in [0.25, 0.3) is 0 Å². The second kappa shape index (κ2) is 15.2. The lowest BCUT2D eigenvalue weighted by molar-refractivity contribution is 0.227. The van der Waals surface area contributed by atoms with Crippen molar-refractivity contribution < 1.29 is 14.0 Å². The third-order valence-electron chi connectivity index (χ3n) is 4.90. The van der Waals surface area contributed by atoms with E-state index in [2.05, 4.69) is 76.3 Å². The summed E-state index contributed by atoms with van der Waals surface area (Å²) in [6.07, 6.45) is 5.67. The van der Waals surface area contributed by atoms with Crippen LogP contribution in [0.25, 0.3) is 0 Å². The second-order valence-electron chi connectivity index (χ2n) is 7.25. The third-order valence-corrected chi connectivity index (χ3v) is 7.43. The van der Waals surface area contributed by atoms with Crippen molar-refractivity contribution in [2.24, 2.45) is 0 Å². The summed E-state index contributed by atoms with van der Waals surface area (Å²) in [7, 11) is -2.81.